The van der Waals surface area contributed by atoms with Gasteiger partial charge in [0, 0.05) is 0 Å². The topological polar surface area (TPSA) is 62.4 Å². The first-order chi connectivity index (χ1) is 8.69. The molecule has 2 heterocycles. The number of hydrogen-bond acceptors (Lipinski definition) is 3. The molecule has 0 spiro atoms. The van der Waals surface area contributed by atoms with Crippen LogP contribution in [0.1, 0.15) is 45.4 Å². The van der Waals surface area contributed by atoms with E-state index in [4.69, 9.17) is 9.47 Å². The lowest BCUT2D eigenvalue weighted by atomic mass is 9.78. The quantitative estimate of drug-likeness (QED) is 0.738. The molecule has 0 amide bonds. The average Bonchev–Trinajstić information content (AvgIpc) is 3.21. The fourth-order valence-corrected chi connectivity index (χ4v) is 3.47. The molecule has 0 aromatic heterocycles. The minimum atomic E-state index is -0.648. The lowest BCUT2D eigenvalue weighted by molar-refractivity contribution is -0.144. The highest BCUT2D eigenvalue weighted by Crippen LogP contribution is 2.44. The van der Waals surface area contributed by atoms with Crippen molar-refractivity contribution < 1.29 is 19.4 Å². The molecular weight excluding hydrogens is 232 g/mol. The van der Waals surface area contributed by atoms with E-state index in [2.05, 4.69) is 6.92 Å². The number of epoxide rings is 2. The van der Waals surface area contributed by atoms with E-state index in [1.165, 1.54) is 0 Å². The van der Waals surface area contributed by atoms with E-state index < -0.39 is 5.97 Å². The molecule has 1 aliphatic carbocycles. The molecule has 3 fully saturated rings. The molecule has 3 aliphatic rings. The van der Waals surface area contributed by atoms with Crippen molar-refractivity contribution >= 4 is 5.97 Å². The first-order valence-electron chi connectivity index (χ1n) is 7.22. The molecule has 102 valence electrons. The van der Waals surface area contributed by atoms with Gasteiger partial charge in [0.05, 0.1) is 30.3 Å². The minimum Gasteiger partial charge on any atom is -0.481 e. The van der Waals surface area contributed by atoms with Crippen LogP contribution in [0.5, 0.6) is 0 Å². The molecule has 2 aliphatic heterocycles. The molecule has 3 rings (SSSR count). The monoisotopic (exact) mass is 254 g/mol. The molecule has 0 radical (unpaired) electrons. The van der Waals surface area contributed by atoms with Crippen LogP contribution in [0.3, 0.4) is 0 Å². The number of hydrogen-bond donors (Lipinski definition) is 1. The summed E-state index contributed by atoms with van der Waals surface area (Å²) in [5, 5.41) is 9.42. The molecule has 1 saturated carbocycles. The lowest BCUT2D eigenvalue weighted by Gasteiger charge is -2.25. The fourth-order valence-electron chi connectivity index (χ4n) is 3.47. The molecule has 0 bridgehead atoms. The third-order valence-electron chi connectivity index (χ3n) is 4.68. The van der Waals surface area contributed by atoms with Gasteiger partial charge in [0.1, 0.15) is 0 Å². The van der Waals surface area contributed by atoms with E-state index in [9.17, 15) is 9.90 Å². The second-order valence-electron chi connectivity index (χ2n) is 5.97. The van der Waals surface area contributed by atoms with Gasteiger partial charge in [-0.2, -0.15) is 0 Å². The maximum absolute atomic E-state index is 11.5. The Morgan fingerprint density at radius 1 is 1.28 bits per heavy atom. The van der Waals surface area contributed by atoms with Crippen molar-refractivity contribution in [3.63, 3.8) is 0 Å². The maximum Gasteiger partial charge on any atom is 0.306 e. The largest absolute Gasteiger partial charge is 0.481 e. The summed E-state index contributed by atoms with van der Waals surface area (Å²) in [6.45, 7) is 2.14. The molecular formula is C14H22O4. The Morgan fingerprint density at radius 3 is 2.78 bits per heavy atom. The second kappa shape index (κ2) is 4.82. The maximum atomic E-state index is 11.5. The van der Waals surface area contributed by atoms with Crippen LogP contribution in [0.2, 0.25) is 0 Å². The lowest BCUT2D eigenvalue weighted by Crippen LogP contribution is -2.29. The molecule has 6 atom stereocenters. The van der Waals surface area contributed by atoms with Crippen LogP contribution < -0.4 is 0 Å². The molecule has 4 heteroatoms. The van der Waals surface area contributed by atoms with Crippen molar-refractivity contribution in [2.45, 2.75) is 69.9 Å². The SMILES string of the molecule is CCCC1OC1CC(C(=O)O)C1CCC2OC2C1. The highest BCUT2D eigenvalue weighted by Gasteiger charge is 2.49. The van der Waals surface area contributed by atoms with Crippen LogP contribution in [-0.2, 0) is 14.3 Å². The van der Waals surface area contributed by atoms with Crippen LogP contribution in [0, 0.1) is 11.8 Å². The smallest absolute Gasteiger partial charge is 0.306 e. The molecule has 4 nitrogen and oxygen atoms in total. The van der Waals surface area contributed by atoms with Gasteiger partial charge in [0.25, 0.3) is 0 Å². The summed E-state index contributed by atoms with van der Waals surface area (Å²) in [5.74, 6) is -0.593. The minimum absolute atomic E-state index is 0.198. The zero-order chi connectivity index (χ0) is 12.7. The zero-order valence-electron chi connectivity index (χ0n) is 10.9. The first kappa shape index (κ1) is 12.4. The van der Waals surface area contributed by atoms with Gasteiger partial charge in [-0.25, -0.2) is 0 Å². The van der Waals surface area contributed by atoms with Crippen molar-refractivity contribution in [2.75, 3.05) is 0 Å². The van der Waals surface area contributed by atoms with Gasteiger partial charge in [0.2, 0.25) is 0 Å². The van der Waals surface area contributed by atoms with E-state index in [1.54, 1.807) is 0 Å². The number of carboxylic acid groups (broad SMARTS) is 1. The van der Waals surface area contributed by atoms with Gasteiger partial charge < -0.3 is 14.6 Å². The van der Waals surface area contributed by atoms with Gasteiger partial charge in [-0.1, -0.05) is 13.3 Å². The van der Waals surface area contributed by atoms with Gasteiger partial charge in [-0.3, -0.25) is 4.79 Å². The van der Waals surface area contributed by atoms with Crippen LogP contribution in [0.15, 0.2) is 0 Å². The zero-order valence-corrected chi connectivity index (χ0v) is 10.9. The number of fused-ring (bicyclic) bond motifs is 1. The predicted molar refractivity (Wildman–Crippen MR) is 65.3 cm³/mol. The highest BCUT2D eigenvalue weighted by molar-refractivity contribution is 5.70. The van der Waals surface area contributed by atoms with E-state index >= 15 is 0 Å². The van der Waals surface area contributed by atoms with Crippen LogP contribution in [0.4, 0.5) is 0 Å². The van der Waals surface area contributed by atoms with Crippen LogP contribution in [0.25, 0.3) is 0 Å². The Balaban J connectivity index is 1.53. The normalized spacial score (nSPS) is 43.1. The molecule has 0 aromatic rings. The van der Waals surface area contributed by atoms with Gasteiger partial charge in [0.15, 0.2) is 0 Å². The van der Waals surface area contributed by atoms with Gasteiger partial charge >= 0.3 is 5.97 Å². The Labute approximate surface area is 108 Å². The van der Waals surface area contributed by atoms with Crippen LogP contribution >= 0.6 is 0 Å². The average molecular weight is 254 g/mol. The van der Waals surface area contributed by atoms with Crippen molar-refractivity contribution in [3.8, 4) is 0 Å². The third kappa shape index (κ3) is 2.54. The summed E-state index contributed by atoms with van der Waals surface area (Å²) < 4.78 is 11.1. The molecule has 18 heavy (non-hydrogen) atoms. The predicted octanol–water partition coefficient (Wildman–Crippen LogP) is 2.21. The number of aliphatic carboxylic acids is 1. The third-order valence-corrected chi connectivity index (χ3v) is 4.68. The van der Waals surface area contributed by atoms with Gasteiger partial charge in [-0.15, -0.1) is 0 Å². The van der Waals surface area contributed by atoms with E-state index in [-0.39, 0.29) is 17.9 Å². The Hall–Kier alpha value is -0.610. The summed E-state index contributed by atoms with van der Waals surface area (Å²) >= 11 is 0. The van der Waals surface area contributed by atoms with E-state index in [0.29, 0.717) is 24.7 Å². The molecule has 6 unspecified atom stereocenters. The molecule has 0 aromatic carbocycles. The van der Waals surface area contributed by atoms with Crippen molar-refractivity contribution in [1.29, 1.82) is 0 Å². The fraction of sp³-hybridized carbons (Fsp3) is 0.929. The Bertz CT molecular complexity index is 330. The van der Waals surface area contributed by atoms with Crippen molar-refractivity contribution in [1.82, 2.24) is 0 Å². The number of ether oxygens (including phenoxy) is 2. The van der Waals surface area contributed by atoms with Crippen LogP contribution in [-0.4, -0.2) is 35.5 Å². The standard InChI is InChI=1S/C14H22O4/c1-2-3-10-13(17-10)7-9(14(15)16)8-4-5-11-12(6-8)18-11/h8-13H,2-7H2,1H3,(H,15,16). The molecule has 2 saturated heterocycles. The summed E-state index contributed by atoms with van der Waals surface area (Å²) in [5.41, 5.74) is 0. The summed E-state index contributed by atoms with van der Waals surface area (Å²) in [6.07, 6.45) is 7.18. The number of rotatable bonds is 6. The highest BCUT2D eigenvalue weighted by atomic mass is 16.6. The van der Waals surface area contributed by atoms with Crippen molar-refractivity contribution in [3.05, 3.63) is 0 Å². The Kier molecular flexibility index (Phi) is 3.32. The summed E-state index contributed by atoms with van der Waals surface area (Å²) in [4.78, 5) is 11.5. The first-order valence-corrected chi connectivity index (χ1v) is 7.22. The second-order valence-corrected chi connectivity index (χ2v) is 5.97. The summed E-state index contributed by atoms with van der Waals surface area (Å²) in [7, 11) is 0. The van der Waals surface area contributed by atoms with Crippen molar-refractivity contribution in [2.24, 2.45) is 11.8 Å². The Morgan fingerprint density at radius 2 is 2.11 bits per heavy atom. The van der Waals surface area contributed by atoms with Gasteiger partial charge in [-0.05, 0) is 38.0 Å². The number of carboxylic acids is 1. The molecule has 1 N–H and O–H groups in total. The van der Waals surface area contributed by atoms with E-state index in [1.807, 2.05) is 0 Å². The van der Waals surface area contributed by atoms with E-state index in [0.717, 1.165) is 32.1 Å². The summed E-state index contributed by atoms with van der Waals surface area (Å²) in [6, 6.07) is 0. The number of carbonyl (C=O) groups is 1.